The van der Waals surface area contributed by atoms with Gasteiger partial charge in [-0.05, 0) is 77.0 Å². The highest BCUT2D eigenvalue weighted by Gasteiger charge is 2.47. The van der Waals surface area contributed by atoms with Gasteiger partial charge in [0.05, 0.1) is 6.61 Å². The monoisotopic (exact) mass is 933 g/mol. The van der Waals surface area contributed by atoms with Crippen LogP contribution in [-0.4, -0.2) is 88.4 Å². The minimum Gasteiger partial charge on any atom is -0.479 e. The molecule has 11 nitrogen and oxygen atoms in total. The lowest BCUT2D eigenvalue weighted by atomic mass is 9.99. The van der Waals surface area contributed by atoms with E-state index in [1.807, 2.05) is 0 Å². The number of unbranched alkanes of at least 4 members (excludes halogenated alkanes) is 26. The van der Waals surface area contributed by atoms with E-state index >= 15 is 0 Å². The normalized spacial score (nSPS) is 19.4. The van der Waals surface area contributed by atoms with E-state index in [1.165, 1.54) is 128 Å². The van der Waals surface area contributed by atoms with Gasteiger partial charge in [-0.3, -0.25) is 9.59 Å². The third-order valence-corrected chi connectivity index (χ3v) is 12.2. The van der Waals surface area contributed by atoms with Crippen molar-refractivity contribution in [3.05, 3.63) is 48.6 Å². The fraction of sp³-hybridized carbons (Fsp3) is 0.800. The summed E-state index contributed by atoms with van der Waals surface area (Å²) in [5, 5.41) is 40.0. The van der Waals surface area contributed by atoms with Crippen molar-refractivity contribution in [1.29, 1.82) is 0 Å². The molecule has 1 rings (SSSR count). The molecule has 1 aliphatic rings. The summed E-state index contributed by atoms with van der Waals surface area (Å²) in [5.74, 6) is -2.45. The van der Waals surface area contributed by atoms with Crippen LogP contribution >= 0.6 is 0 Å². The van der Waals surface area contributed by atoms with Crippen LogP contribution in [0.5, 0.6) is 0 Å². The predicted molar refractivity (Wildman–Crippen MR) is 266 cm³/mol. The average molecular weight is 933 g/mol. The molecule has 0 aromatic carbocycles. The zero-order valence-electron chi connectivity index (χ0n) is 41.7. The Morgan fingerprint density at radius 3 is 1.29 bits per heavy atom. The molecule has 0 spiro atoms. The van der Waals surface area contributed by atoms with Crippen molar-refractivity contribution in [2.24, 2.45) is 0 Å². The van der Waals surface area contributed by atoms with Crippen molar-refractivity contribution in [1.82, 2.24) is 0 Å². The number of allylic oxidation sites excluding steroid dienone is 8. The number of rotatable bonds is 45. The minimum atomic E-state index is -1.86. The third kappa shape index (κ3) is 35.3. The zero-order valence-corrected chi connectivity index (χ0v) is 41.7. The van der Waals surface area contributed by atoms with Crippen molar-refractivity contribution >= 4 is 17.9 Å². The highest BCUT2D eigenvalue weighted by molar-refractivity contribution is 5.73. The average Bonchev–Trinajstić information content (AvgIpc) is 3.30. The lowest BCUT2D eigenvalue weighted by Gasteiger charge is -2.38. The Morgan fingerprint density at radius 2 is 0.848 bits per heavy atom. The number of aliphatic hydroxyl groups is 3. The Morgan fingerprint density at radius 1 is 0.470 bits per heavy atom. The van der Waals surface area contributed by atoms with E-state index in [9.17, 15) is 34.8 Å². The summed E-state index contributed by atoms with van der Waals surface area (Å²) < 4.78 is 21.8. The number of carboxylic acid groups (broad SMARTS) is 1. The quantitative estimate of drug-likeness (QED) is 0.0260. The van der Waals surface area contributed by atoms with Crippen LogP contribution in [0.1, 0.15) is 232 Å². The molecule has 1 aliphatic heterocycles. The van der Waals surface area contributed by atoms with Crippen LogP contribution in [0, 0.1) is 0 Å². The van der Waals surface area contributed by atoms with E-state index in [1.54, 1.807) is 0 Å². The lowest BCUT2D eigenvalue weighted by Crippen LogP contribution is -2.60. The second-order valence-electron chi connectivity index (χ2n) is 18.4. The smallest absolute Gasteiger partial charge is 0.335 e. The van der Waals surface area contributed by atoms with Crippen LogP contribution in [0.3, 0.4) is 0 Å². The van der Waals surface area contributed by atoms with Gasteiger partial charge in [0.15, 0.2) is 18.5 Å². The van der Waals surface area contributed by atoms with Gasteiger partial charge in [-0.15, -0.1) is 0 Å². The van der Waals surface area contributed by atoms with Crippen molar-refractivity contribution in [3.63, 3.8) is 0 Å². The molecule has 6 unspecified atom stereocenters. The van der Waals surface area contributed by atoms with Crippen LogP contribution in [0.4, 0.5) is 0 Å². The van der Waals surface area contributed by atoms with Crippen molar-refractivity contribution in [3.8, 4) is 0 Å². The highest BCUT2D eigenvalue weighted by atomic mass is 16.7. The molecule has 0 amide bonds. The molecular weight excluding hydrogens is 837 g/mol. The molecule has 0 aromatic heterocycles. The first-order valence-electron chi connectivity index (χ1n) is 26.7. The molecule has 0 bridgehead atoms. The summed E-state index contributed by atoms with van der Waals surface area (Å²) in [5.41, 5.74) is 0. The van der Waals surface area contributed by atoms with Crippen molar-refractivity contribution in [2.75, 3.05) is 13.2 Å². The van der Waals surface area contributed by atoms with Gasteiger partial charge in [0.1, 0.15) is 24.9 Å². The van der Waals surface area contributed by atoms with Gasteiger partial charge in [0.25, 0.3) is 0 Å². The van der Waals surface area contributed by atoms with Gasteiger partial charge in [-0.25, -0.2) is 4.79 Å². The van der Waals surface area contributed by atoms with Crippen LogP contribution in [0.15, 0.2) is 48.6 Å². The molecule has 382 valence electrons. The Labute approximate surface area is 401 Å². The lowest BCUT2D eigenvalue weighted by molar-refractivity contribution is -0.298. The first kappa shape index (κ1) is 61.2. The molecule has 1 heterocycles. The summed E-state index contributed by atoms with van der Waals surface area (Å²) in [7, 11) is 0. The molecule has 0 saturated carbocycles. The topological polar surface area (TPSA) is 169 Å². The van der Waals surface area contributed by atoms with E-state index in [2.05, 4.69) is 62.5 Å². The predicted octanol–water partition coefficient (Wildman–Crippen LogP) is 12.9. The van der Waals surface area contributed by atoms with Crippen LogP contribution in [-0.2, 0) is 33.3 Å². The van der Waals surface area contributed by atoms with Gasteiger partial charge in [0.2, 0.25) is 0 Å². The van der Waals surface area contributed by atoms with Gasteiger partial charge < -0.3 is 39.4 Å². The Bertz CT molecular complexity index is 1280. The highest BCUT2D eigenvalue weighted by Crippen LogP contribution is 2.23. The fourth-order valence-electron chi connectivity index (χ4n) is 7.94. The van der Waals surface area contributed by atoms with Crippen LogP contribution in [0.2, 0.25) is 0 Å². The molecule has 0 aromatic rings. The van der Waals surface area contributed by atoms with E-state index in [0.29, 0.717) is 12.8 Å². The molecule has 1 fully saturated rings. The van der Waals surface area contributed by atoms with Crippen LogP contribution < -0.4 is 0 Å². The molecule has 1 saturated heterocycles. The van der Waals surface area contributed by atoms with E-state index in [4.69, 9.17) is 18.9 Å². The maximum atomic E-state index is 12.8. The number of carbonyl (C=O) groups is 3. The molecular formula is C55H96O11. The second-order valence-corrected chi connectivity index (χ2v) is 18.4. The SMILES string of the molecule is CCCCC/C=C\C/C=C\CCCCCCCCCC(=O)OC(COC(=O)CCCCCCCCCCCCC/C=C\C/C=C\CCCCCCC)COC1OC(C(=O)O)C(O)C(O)C1O. The first-order valence-corrected chi connectivity index (χ1v) is 26.7. The van der Waals surface area contributed by atoms with Crippen LogP contribution in [0.25, 0.3) is 0 Å². The summed E-state index contributed by atoms with van der Waals surface area (Å²) in [4.78, 5) is 37.0. The number of esters is 2. The Kier molecular flexibility index (Phi) is 41.4. The first-order chi connectivity index (χ1) is 32.2. The molecule has 6 atom stereocenters. The number of aliphatic carboxylic acids is 1. The largest absolute Gasteiger partial charge is 0.479 e. The fourth-order valence-corrected chi connectivity index (χ4v) is 7.94. The number of ether oxygens (including phenoxy) is 4. The summed E-state index contributed by atoms with van der Waals surface area (Å²) in [6, 6.07) is 0. The van der Waals surface area contributed by atoms with Gasteiger partial charge in [-0.2, -0.15) is 0 Å². The molecule has 0 radical (unpaired) electrons. The van der Waals surface area contributed by atoms with E-state index in [0.717, 1.165) is 64.2 Å². The number of carboxylic acids is 1. The number of hydrogen-bond donors (Lipinski definition) is 4. The molecule has 66 heavy (non-hydrogen) atoms. The maximum absolute atomic E-state index is 12.8. The molecule has 11 heteroatoms. The van der Waals surface area contributed by atoms with Crippen molar-refractivity contribution in [2.45, 2.75) is 269 Å². The standard InChI is InChI=1S/C55H96O11/c1-3-5-7-9-11-13-15-17-19-21-22-23-24-25-26-28-29-31-33-35-37-39-41-43-48(56)63-45-47(46-64-55-52(60)50(58)51(59)53(66-55)54(61)62)65-49(57)44-42-40-38-36-34-32-30-27-20-18-16-14-12-10-8-6-4-2/h12,14-15,17-18,20-22,47,50-53,55,58-60H,3-11,13,16,19,23-46H2,1-2H3,(H,61,62)/b14-12-,17-15-,20-18-,22-21-. The van der Waals surface area contributed by atoms with Gasteiger partial charge in [-0.1, -0.05) is 191 Å². The Hall–Kier alpha value is -2.83. The van der Waals surface area contributed by atoms with Crippen molar-refractivity contribution < 1.29 is 53.8 Å². The third-order valence-electron chi connectivity index (χ3n) is 12.2. The zero-order chi connectivity index (χ0) is 48.1. The van der Waals surface area contributed by atoms with Gasteiger partial charge in [0, 0.05) is 12.8 Å². The van der Waals surface area contributed by atoms with E-state index in [-0.39, 0.29) is 19.4 Å². The number of aliphatic hydroxyl groups excluding tert-OH is 3. The summed E-state index contributed by atoms with van der Waals surface area (Å²) in [6.45, 7) is 3.80. The Balaban J connectivity index is 2.27. The summed E-state index contributed by atoms with van der Waals surface area (Å²) >= 11 is 0. The summed E-state index contributed by atoms with van der Waals surface area (Å²) in [6.07, 6.45) is 45.8. The maximum Gasteiger partial charge on any atom is 0.335 e. The number of carbonyl (C=O) groups excluding carboxylic acids is 2. The number of hydrogen-bond acceptors (Lipinski definition) is 10. The van der Waals surface area contributed by atoms with Gasteiger partial charge >= 0.3 is 17.9 Å². The second kappa shape index (κ2) is 44.7. The molecule has 0 aliphatic carbocycles. The minimum absolute atomic E-state index is 0.173. The van der Waals surface area contributed by atoms with E-state index < -0.39 is 61.3 Å². The molecule has 4 N–H and O–H groups in total.